The molecule has 0 atom stereocenters. The van der Waals surface area contributed by atoms with Gasteiger partial charge < -0.3 is 10.1 Å². The Labute approximate surface area is 149 Å². The number of amides is 1. The van der Waals surface area contributed by atoms with Gasteiger partial charge >= 0.3 is 12.1 Å². The van der Waals surface area contributed by atoms with Crippen LogP contribution >= 0.6 is 11.6 Å². The lowest BCUT2D eigenvalue weighted by molar-refractivity contribution is -0.143. The summed E-state index contributed by atoms with van der Waals surface area (Å²) in [5.41, 5.74) is -0.989. The van der Waals surface area contributed by atoms with Crippen LogP contribution in [0.1, 0.15) is 25.3 Å². The molecule has 0 heterocycles. The molecule has 0 saturated heterocycles. The van der Waals surface area contributed by atoms with Gasteiger partial charge in [-0.15, -0.1) is 0 Å². The van der Waals surface area contributed by atoms with Crippen LogP contribution in [0.4, 0.5) is 18.9 Å². The lowest BCUT2D eigenvalue weighted by atomic mass is 10.2. The van der Waals surface area contributed by atoms with Gasteiger partial charge in [0, 0.05) is 12.1 Å². The van der Waals surface area contributed by atoms with E-state index in [1.165, 1.54) is 6.07 Å². The van der Waals surface area contributed by atoms with E-state index in [9.17, 15) is 22.8 Å². The number of likely N-dealkylation sites (N-methyl/N-ethyl adjacent to an activating group) is 1. The molecule has 0 aliphatic rings. The molecule has 25 heavy (non-hydrogen) atoms. The molecule has 0 unspecified atom stereocenters. The second-order valence-electron chi connectivity index (χ2n) is 5.39. The number of carbonyl (C=O) groups is 2. The van der Waals surface area contributed by atoms with Crippen molar-refractivity contribution in [3.05, 3.63) is 28.8 Å². The molecule has 1 rings (SSSR count). The van der Waals surface area contributed by atoms with Crippen LogP contribution in [0.15, 0.2) is 18.2 Å². The normalized spacial score (nSPS) is 11.5. The number of esters is 1. The maximum absolute atomic E-state index is 12.8. The first-order valence-electron chi connectivity index (χ1n) is 7.64. The fourth-order valence-electron chi connectivity index (χ4n) is 2.07. The van der Waals surface area contributed by atoms with Gasteiger partial charge in [-0.3, -0.25) is 14.5 Å². The van der Waals surface area contributed by atoms with E-state index >= 15 is 0 Å². The Morgan fingerprint density at radius 3 is 2.60 bits per heavy atom. The van der Waals surface area contributed by atoms with E-state index < -0.39 is 22.7 Å². The van der Waals surface area contributed by atoms with E-state index in [4.69, 9.17) is 16.3 Å². The van der Waals surface area contributed by atoms with Gasteiger partial charge in [0.05, 0.1) is 23.7 Å². The van der Waals surface area contributed by atoms with Crippen LogP contribution in [-0.4, -0.2) is 43.5 Å². The molecular weight excluding hydrogens is 361 g/mol. The first-order chi connectivity index (χ1) is 11.6. The van der Waals surface area contributed by atoms with E-state index in [0.29, 0.717) is 19.6 Å². The molecule has 1 aromatic carbocycles. The summed E-state index contributed by atoms with van der Waals surface area (Å²) in [6, 6.07) is 3.18. The SMILES string of the molecule is CCOC(=O)CCCN(C)CC(=O)Nc1ccc(Cl)c(C(F)(F)F)c1. The highest BCUT2D eigenvalue weighted by Crippen LogP contribution is 2.36. The number of rotatable bonds is 8. The number of alkyl halides is 3. The minimum absolute atomic E-state index is 0.0154. The minimum atomic E-state index is -4.60. The fraction of sp³-hybridized carbons (Fsp3) is 0.500. The highest BCUT2D eigenvalue weighted by molar-refractivity contribution is 6.31. The second-order valence-corrected chi connectivity index (χ2v) is 5.79. The summed E-state index contributed by atoms with van der Waals surface area (Å²) in [5, 5.41) is 1.97. The smallest absolute Gasteiger partial charge is 0.417 e. The summed E-state index contributed by atoms with van der Waals surface area (Å²) in [6.45, 7) is 2.49. The average Bonchev–Trinajstić information content (AvgIpc) is 2.48. The Hall–Kier alpha value is -1.80. The average molecular weight is 381 g/mol. The largest absolute Gasteiger partial charge is 0.466 e. The molecular formula is C16H20ClF3N2O3. The number of ether oxygens (including phenoxy) is 1. The molecule has 0 radical (unpaired) electrons. The quantitative estimate of drug-likeness (QED) is 0.700. The number of halogens is 4. The maximum atomic E-state index is 12.8. The first-order valence-corrected chi connectivity index (χ1v) is 8.02. The van der Waals surface area contributed by atoms with Gasteiger partial charge in [-0.25, -0.2) is 0 Å². The Kier molecular flexibility index (Phi) is 8.18. The predicted molar refractivity (Wildman–Crippen MR) is 88.4 cm³/mol. The van der Waals surface area contributed by atoms with E-state index in [1.807, 2.05) is 0 Å². The van der Waals surface area contributed by atoms with Gasteiger partial charge in [0.15, 0.2) is 0 Å². The van der Waals surface area contributed by atoms with Crippen molar-refractivity contribution in [1.82, 2.24) is 4.90 Å². The van der Waals surface area contributed by atoms with E-state index in [1.54, 1.807) is 18.9 Å². The van der Waals surface area contributed by atoms with Crippen molar-refractivity contribution in [2.75, 3.05) is 32.1 Å². The van der Waals surface area contributed by atoms with Crippen molar-refractivity contribution in [2.45, 2.75) is 25.9 Å². The Bertz CT molecular complexity index is 609. The van der Waals surface area contributed by atoms with E-state index in [0.717, 1.165) is 12.1 Å². The molecule has 0 spiro atoms. The molecule has 0 fully saturated rings. The van der Waals surface area contributed by atoms with Crippen LogP contribution in [0.2, 0.25) is 5.02 Å². The first kappa shape index (κ1) is 21.2. The predicted octanol–water partition coefficient (Wildman–Crippen LogP) is 3.57. The molecule has 9 heteroatoms. The number of benzene rings is 1. The van der Waals surface area contributed by atoms with Crippen molar-refractivity contribution >= 4 is 29.2 Å². The number of carbonyl (C=O) groups excluding carboxylic acids is 2. The van der Waals surface area contributed by atoms with Crippen LogP contribution in [0.25, 0.3) is 0 Å². The van der Waals surface area contributed by atoms with Crippen LogP contribution in [0.3, 0.4) is 0 Å². The third-order valence-electron chi connectivity index (χ3n) is 3.20. The number of nitrogens with one attached hydrogen (secondary N) is 1. The lowest BCUT2D eigenvalue weighted by Gasteiger charge is -2.16. The number of hydrogen-bond acceptors (Lipinski definition) is 4. The van der Waals surface area contributed by atoms with Crippen LogP contribution in [-0.2, 0) is 20.5 Å². The molecule has 140 valence electrons. The number of anilines is 1. The lowest BCUT2D eigenvalue weighted by Crippen LogP contribution is -2.31. The summed E-state index contributed by atoms with van der Waals surface area (Å²) in [6.07, 6.45) is -3.84. The standard InChI is InChI=1S/C16H20ClF3N2O3/c1-3-25-15(24)5-4-8-22(2)10-14(23)21-11-6-7-13(17)12(9-11)16(18,19)20/h6-7,9H,3-5,8,10H2,1-2H3,(H,21,23). The zero-order valence-electron chi connectivity index (χ0n) is 14.0. The Balaban J connectivity index is 2.50. The molecule has 0 aliphatic heterocycles. The van der Waals surface area contributed by atoms with Crippen molar-refractivity contribution < 1.29 is 27.5 Å². The number of nitrogens with zero attached hydrogens (tertiary/aromatic N) is 1. The second kappa shape index (κ2) is 9.62. The molecule has 1 aromatic rings. The van der Waals surface area contributed by atoms with Gasteiger partial charge in [0.1, 0.15) is 0 Å². The summed E-state index contributed by atoms with van der Waals surface area (Å²) in [4.78, 5) is 24.8. The summed E-state index contributed by atoms with van der Waals surface area (Å²) in [7, 11) is 1.67. The molecule has 5 nitrogen and oxygen atoms in total. The summed E-state index contributed by atoms with van der Waals surface area (Å²) < 4.78 is 43.2. The van der Waals surface area contributed by atoms with E-state index in [2.05, 4.69) is 5.32 Å². The third kappa shape index (κ3) is 7.74. The van der Waals surface area contributed by atoms with Gasteiger partial charge in [0.2, 0.25) is 5.91 Å². The molecule has 0 aliphatic carbocycles. The van der Waals surface area contributed by atoms with Crippen LogP contribution in [0, 0.1) is 0 Å². The summed E-state index contributed by atoms with van der Waals surface area (Å²) in [5.74, 6) is -0.768. The third-order valence-corrected chi connectivity index (χ3v) is 3.52. The molecule has 1 amide bonds. The zero-order valence-corrected chi connectivity index (χ0v) is 14.7. The highest BCUT2D eigenvalue weighted by Gasteiger charge is 2.33. The monoisotopic (exact) mass is 380 g/mol. The summed E-state index contributed by atoms with van der Waals surface area (Å²) >= 11 is 5.53. The maximum Gasteiger partial charge on any atom is 0.417 e. The fourth-order valence-corrected chi connectivity index (χ4v) is 2.30. The van der Waals surface area contributed by atoms with Gasteiger partial charge in [-0.05, 0) is 45.1 Å². The minimum Gasteiger partial charge on any atom is -0.466 e. The van der Waals surface area contributed by atoms with Crippen molar-refractivity contribution in [1.29, 1.82) is 0 Å². The highest BCUT2D eigenvalue weighted by atomic mass is 35.5. The number of hydrogen-bond donors (Lipinski definition) is 1. The van der Waals surface area contributed by atoms with E-state index in [-0.39, 0.29) is 24.6 Å². The topological polar surface area (TPSA) is 58.6 Å². The Morgan fingerprint density at radius 1 is 1.32 bits per heavy atom. The molecule has 0 aromatic heterocycles. The van der Waals surface area contributed by atoms with Crippen molar-refractivity contribution in [2.24, 2.45) is 0 Å². The van der Waals surface area contributed by atoms with Gasteiger partial charge in [-0.1, -0.05) is 11.6 Å². The molecule has 0 saturated carbocycles. The molecule has 1 N–H and O–H groups in total. The van der Waals surface area contributed by atoms with Crippen molar-refractivity contribution in [3.63, 3.8) is 0 Å². The zero-order chi connectivity index (χ0) is 19.0. The van der Waals surface area contributed by atoms with Gasteiger partial charge in [0.25, 0.3) is 0 Å². The van der Waals surface area contributed by atoms with Crippen LogP contribution in [0.5, 0.6) is 0 Å². The van der Waals surface area contributed by atoms with Crippen molar-refractivity contribution in [3.8, 4) is 0 Å². The van der Waals surface area contributed by atoms with Gasteiger partial charge in [-0.2, -0.15) is 13.2 Å². The Morgan fingerprint density at radius 2 is 2.00 bits per heavy atom. The molecule has 0 bridgehead atoms. The van der Waals surface area contributed by atoms with Crippen LogP contribution < -0.4 is 5.32 Å².